The fourth-order valence-electron chi connectivity index (χ4n) is 2.12. The predicted octanol–water partition coefficient (Wildman–Crippen LogP) is 2.80. The SMILES string of the molecule is CC(C)COC(=O)c1cccc(B2OC(C)(C)C(C)(C)O2)c1. The van der Waals surface area contributed by atoms with E-state index in [1.54, 1.807) is 12.1 Å². The minimum absolute atomic E-state index is 0.313. The molecule has 0 saturated carbocycles. The Labute approximate surface area is 133 Å². The summed E-state index contributed by atoms with van der Waals surface area (Å²) in [5.74, 6) is 0.00213. The molecule has 1 aromatic rings. The lowest BCUT2D eigenvalue weighted by atomic mass is 9.78. The lowest BCUT2D eigenvalue weighted by Gasteiger charge is -2.32. The first-order chi connectivity index (χ1) is 10.1. The molecule has 5 heteroatoms. The summed E-state index contributed by atoms with van der Waals surface area (Å²) < 4.78 is 17.3. The van der Waals surface area contributed by atoms with Gasteiger partial charge in [0.05, 0.1) is 23.4 Å². The Kier molecular flexibility index (Phi) is 4.69. The number of esters is 1. The summed E-state index contributed by atoms with van der Waals surface area (Å²) in [5.41, 5.74) is 0.558. The average molecular weight is 304 g/mol. The average Bonchev–Trinajstić information content (AvgIpc) is 2.65. The van der Waals surface area contributed by atoms with Crippen molar-refractivity contribution in [3.8, 4) is 0 Å². The molecule has 0 spiro atoms. The van der Waals surface area contributed by atoms with Crippen molar-refractivity contribution >= 4 is 18.6 Å². The maximum atomic E-state index is 12.1. The van der Waals surface area contributed by atoms with Crippen molar-refractivity contribution in [3.63, 3.8) is 0 Å². The minimum Gasteiger partial charge on any atom is -0.462 e. The standard InChI is InChI=1S/C17H25BO4/c1-12(2)11-20-15(19)13-8-7-9-14(10-13)18-21-16(3,4)17(5,6)22-18/h7-10,12H,11H2,1-6H3. The maximum absolute atomic E-state index is 12.1. The lowest BCUT2D eigenvalue weighted by molar-refractivity contribution is 0.00578. The summed E-state index contributed by atoms with van der Waals surface area (Å²) in [6, 6.07) is 7.26. The van der Waals surface area contributed by atoms with E-state index in [0.717, 1.165) is 5.46 Å². The van der Waals surface area contributed by atoms with E-state index in [9.17, 15) is 4.79 Å². The molecule has 1 aliphatic heterocycles. The topological polar surface area (TPSA) is 44.8 Å². The number of ether oxygens (including phenoxy) is 1. The van der Waals surface area contributed by atoms with Gasteiger partial charge < -0.3 is 14.0 Å². The Morgan fingerprint density at radius 1 is 1.18 bits per heavy atom. The van der Waals surface area contributed by atoms with E-state index >= 15 is 0 Å². The number of hydrogen-bond donors (Lipinski definition) is 0. The Hall–Kier alpha value is -1.33. The largest absolute Gasteiger partial charge is 0.494 e. The van der Waals surface area contributed by atoms with Crippen molar-refractivity contribution in [2.75, 3.05) is 6.61 Å². The van der Waals surface area contributed by atoms with Crippen LogP contribution in [0.2, 0.25) is 0 Å². The van der Waals surface area contributed by atoms with Gasteiger partial charge in [-0.2, -0.15) is 0 Å². The quantitative estimate of drug-likeness (QED) is 0.634. The zero-order chi connectivity index (χ0) is 16.5. The normalized spacial score (nSPS) is 19.5. The van der Waals surface area contributed by atoms with Gasteiger partial charge in [0.2, 0.25) is 0 Å². The van der Waals surface area contributed by atoms with E-state index in [0.29, 0.717) is 18.1 Å². The molecule has 120 valence electrons. The number of carbonyl (C=O) groups is 1. The molecular formula is C17H25BO4. The molecule has 0 radical (unpaired) electrons. The van der Waals surface area contributed by atoms with Crippen molar-refractivity contribution in [2.24, 2.45) is 5.92 Å². The van der Waals surface area contributed by atoms with Crippen molar-refractivity contribution < 1.29 is 18.8 Å². The van der Waals surface area contributed by atoms with E-state index in [1.807, 2.05) is 53.7 Å². The monoisotopic (exact) mass is 304 g/mol. The summed E-state index contributed by atoms with van der Waals surface area (Å²) in [7, 11) is -0.470. The van der Waals surface area contributed by atoms with Crippen LogP contribution in [0.5, 0.6) is 0 Å². The molecule has 0 atom stereocenters. The molecule has 22 heavy (non-hydrogen) atoms. The third kappa shape index (κ3) is 3.53. The van der Waals surface area contributed by atoms with Crippen LogP contribution in [-0.2, 0) is 14.0 Å². The van der Waals surface area contributed by atoms with Crippen LogP contribution in [-0.4, -0.2) is 30.9 Å². The maximum Gasteiger partial charge on any atom is 0.494 e. The van der Waals surface area contributed by atoms with Crippen molar-refractivity contribution in [3.05, 3.63) is 29.8 Å². The van der Waals surface area contributed by atoms with E-state index in [1.165, 1.54) is 0 Å². The van der Waals surface area contributed by atoms with Gasteiger partial charge in [0.1, 0.15) is 0 Å². The molecule has 0 aromatic heterocycles. The van der Waals surface area contributed by atoms with Gasteiger partial charge in [-0.25, -0.2) is 4.79 Å². The molecule has 0 bridgehead atoms. The van der Waals surface area contributed by atoms with Gasteiger partial charge in [-0.05, 0) is 51.2 Å². The van der Waals surface area contributed by atoms with Crippen molar-refractivity contribution in [2.45, 2.75) is 52.7 Å². The second-order valence-electron chi connectivity index (χ2n) is 7.21. The molecule has 4 nitrogen and oxygen atoms in total. The third-order valence-electron chi connectivity index (χ3n) is 4.20. The van der Waals surface area contributed by atoms with Crippen LogP contribution in [0.25, 0.3) is 0 Å². The molecule has 1 saturated heterocycles. The second kappa shape index (κ2) is 6.05. The third-order valence-corrected chi connectivity index (χ3v) is 4.20. The van der Waals surface area contributed by atoms with E-state index < -0.39 is 18.3 Å². The van der Waals surface area contributed by atoms with Crippen molar-refractivity contribution in [1.82, 2.24) is 0 Å². The highest BCUT2D eigenvalue weighted by Crippen LogP contribution is 2.36. The molecule has 1 aromatic carbocycles. The first kappa shape index (κ1) is 17.0. The molecule has 1 aliphatic rings. The lowest BCUT2D eigenvalue weighted by Crippen LogP contribution is -2.41. The molecular weight excluding hydrogens is 279 g/mol. The Morgan fingerprint density at radius 3 is 2.32 bits per heavy atom. The van der Waals surface area contributed by atoms with Crippen LogP contribution in [0.3, 0.4) is 0 Å². The Bertz CT molecular complexity index is 535. The molecule has 2 rings (SSSR count). The molecule has 0 aliphatic carbocycles. The first-order valence-electron chi connectivity index (χ1n) is 7.75. The summed E-state index contributed by atoms with van der Waals surface area (Å²) in [5, 5.41) is 0. The Morgan fingerprint density at radius 2 is 1.77 bits per heavy atom. The summed E-state index contributed by atoms with van der Waals surface area (Å²) in [6.45, 7) is 12.5. The van der Waals surface area contributed by atoms with Crippen molar-refractivity contribution in [1.29, 1.82) is 0 Å². The van der Waals surface area contributed by atoms with Gasteiger partial charge in [-0.15, -0.1) is 0 Å². The number of hydrogen-bond acceptors (Lipinski definition) is 4. The highest BCUT2D eigenvalue weighted by atomic mass is 16.7. The number of benzene rings is 1. The summed E-state index contributed by atoms with van der Waals surface area (Å²) in [6.07, 6.45) is 0. The number of rotatable bonds is 4. The predicted molar refractivity (Wildman–Crippen MR) is 87.3 cm³/mol. The number of carbonyl (C=O) groups excluding carboxylic acids is 1. The zero-order valence-electron chi connectivity index (χ0n) is 14.3. The Balaban J connectivity index is 2.14. The zero-order valence-corrected chi connectivity index (χ0v) is 14.3. The molecule has 1 heterocycles. The van der Waals surface area contributed by atoms with Crippen LogP contribution in [0.1, 0.15) is 51.9 Å². The highest BCUT2D eigenvalue weighted by Gasteiger charge is 2.51. The van der Waals surface area contributed by atoms with E-state index in [4.69, 9.17) is 14.0 Å². The van der Waals surface area contributed by atoms with Gasteiger partial charge >= 0.3 is 13.1 Å². The van der Waals surface area contributed by atoms with Crippen LogP contribution < -0.4 is 5.46 Å². The molecule has 0 unspecified atom stereocenters. The van der Waals surface area contributed by atoms with Gasteiger partial charge in [0.25, 0.3) is 0 Å². The highest BCUT2D eigenvalue weighted by molar-refractivity contribution is 6.62. The fraction of sp³-hybridized carbons (Fsp3) is 0.588. The van der Waals surface area contributed by atoms with Crippen LogP contribution in [0.15, 0.2) is 24.3 Å². The molecule has 1 fully saturated rings. The summed E-state index contributed by atoms with van der Waals surface area (Å²) in [4.78, 5) is 12.1. The first-order valence-corrected chi connectivity index (χ1v) is 7.75. The second-order valence-corrected chi connectivity index (χ2v) is 7.21. The molecule has 0 amide bonds. The van der Waals surface area contributed by atoms with Gasteiger partial charge in [-0.3, -0.25) is 0 Å². The summed E-state index contributed by atoms with van der Waals surface area (Å²) >= 11 is 0. The smallest absolute Gasteiger partial charge is 0.462 e. The van der Waals surface area contributed by atoms with Gasteiger partial charge in [-0.1, -0.05) is 26.0 Å². The van der Waals surface area contributed by atoms with Gasteiger partial charge in [0, 0.05) is 0 Å². The molecule has 0 N–H and O–H groups in total. The van der Waals surface area contributed by atoms with Crippen LogP contribution in [0, 0.1) is 5.92 Å². The van der Waals surface area contributed by atoms with E-state index in [-0.39, 0.29) is 5.97 Å². The minimum atomic E-state index is -0.470. The van der Waals surface area contributed by atoms with Crippen LogP contribution in [0.4, 0.5) is 0 Å². The van der Waals surface area contributed by atoms with Crippen LogP contribution >= 0.6 is 0 Å². The van der Waals surface area contributed by atoms with Gasteiger partial charge in [0.15, 0.2) is 0 Å². The fourth-order valence-corrected chi connectivity index (χ4v) is 2.12. The van der Waals surface area contributed by atoms with E-state index in [2.05, 4.69) is 0 Å².